The zero-order valence-electron chi connectivity index (χ0n) is 8.14. The van der Waals surface area contributed by atoms with Crippen LogP contribution in [0.4, 0.5) is 0 Å². The molecule has 1 aromatic carbocycles. The minimum atomic E-state index is -0.109. The molecule has 0 saturated heterocycles. The second-order valence-corrected chi connectivity index (χ2v) is 3.57. The van der Waals surface area contributed by atoms with E-state index in [2.05, 4.69) is 12.1 Å². The lowest BCUT2D eigenvalue weighted by atomic mass is 9.99. The summed E-state index contributed by atoms with van der Waals surface area (Å²) in [5, 5.41) is 0. The zero-order chi connectivity index (χ0) is 9.97. The van der Waals surface area contributed by atoms with E-state index < -0.39 is 0 Å². The molecule has 0 bridgehead atoms. The Balaban J connectivity index is 2.22. The fourth-order valence-electron chi connectivity index (χ4n) is 1.84. The molecule has 0 aromatic heterocycles. The van der Waals surface area contributed by atoms with Crippen molar-refractivity contribution in [2.75, 3.05) is 7.05 Å². The van der Waals surface area contributed by atoms with Crippen LogP contribution in [0.15, 0.2) is 24.3 Å². The maximum absolute atomic E-state index is 10.3. The van der Waals surface area contributed by atoms with Gasteiger partial charge in [0.2, 0.25) is 0 Å². The van der Waals surface area contributed by atoms with Crippen molar-refractivity contribution >= 4 is 6.47 Å². The van der Waals surface area contributed by atoms with E-state index in [0.29, 0.717) is 6.47 Å². The number of carbonyl (C=O) groups is 1. The molecule has 1 unspecified atom stereocenters. The van der Waals surface area contributed by atoms with Crippen molar-refractivity contribution < 1.29 is 9.53 Å². The zero-order valence-corrected chi connectivity index (χ0v) is 8.14. The molecule has 1 aliphatic rings. The van der Waals surface area contributed by atoms with E-state index in [1.54, 1.807) is 0 Å². The minimum absolute atomic E-state index is 0.109. The van der Waals surface area contributed by atoms with E-state index in [1.807, 2.05) is 24.1 Å². The first-order valence-electron chi connectivity index (χ1n) is 4.67. The number of nitrogens with zero attached hydrogens (tertiary/aromatic N) is 1. The van der Waals surface area contributed by atoms with Crippen molar-refractivity contribution in [3.05, 3.63) is 35.4 Å². The van der Waals surface area contributed by atoms with Gasteiger partial charge in [0.05, 0.1) is 0 Å². The molecule has 0 aliphatic carbocycles. The van der Waals surface area contributed by atoms with E-state index in [0.717, 1.165) is 13.0 Å². The number of benzene rings is 1. The van der Waals surface area contributed by atoms with Crippen molar-refractivity contribution in [1.82, 2.24) is 4.90 Å². The Labute approximate surface area is 83.3 Å². The number of ether oxygens (including phenoxy) is 1. The van der Waals surface area contributed by atoms with Gasteiger partial charge in [0.15, 0.2) is 6.23 Å². The Morgan fingerprint density at radius 2 is 2.14 bits per heavy atom. The van der Waals surface area contributed by atoms with Crippen LogP contribution >= 0.6 is 0 Å². The average molecular weight is 191 g/mol. The molecule has 1 heterocycles. The number of fused-ring (bicyclic) bond motifs is 1. The molecule has 14 heavy (non-hydrogen) atoms. The molecule has 3 heteroatoms. The monoisotopic (exact) mass is 191 g/mol. The second-order valence-electron chi connectivity index (χ2n) is 3.57. The molecule has 0 spiro atoms. The van der Waals surface area contributed by atoms with Gasteiger partial charge in [0, 0.05) is 13.0 Å². The lowest BCUT2D eigenvalue weighted by molar-refractivity contribution is -0.143. The van der Waals surface area contributed by atoms with Crippen LogP contribution < -0.4 is 0 Å². The van der Waals surface area contributed by atoms with Crippen LogP contribution in [0.25, 0.3) is 0 Å². The minimum Gasteiger partial charge on any atom is -0.448 e. The van der Waals surface area contributed by atoms with E-state index >= 15 is 0 Å². The first-order chi connectivity index (χ1) is 6.81. The highest BCUT2D eigenvalue weighted by atomic mass is 16.5. The number of carbonyl (C=O) groups excluding carboxylic acids is 1. The summed E-state index contributed by atoms with van der Waals surface area (Å²) in [6.07, 6.45) is 0.674. The Bertz CT molecular complexity index is 338. The van der Waals surface area contributed by atoms with Crippen molar-refractivity contribution in [3.63, 3.8) is 0 Å². The summed E-state index contributed by atoms with van der Waals surface area (Å²) in [4.78, 5) is 12.3. The summed E-state index contributed by atoms with van der Waals surface area (Å²) in [6, 6.07) is 8.25. The van der Waals surface area contributed by atoms with E-state index in [1.165, 1.54) is 11.1 Å². The van der Waals surface area contributed by atoms with Crippen LogP contribution in [-0.4, -0.2) is 24.6 Å². The normalized spacial score (nSPS) is 21.4. The molecule has 1 aromatic rings. The molecule has 1 atom stereocenters. The number of hydrogen-bond donors (Lipinski definition) is 0. The highest BCUT2D eigenvalue weighted by Crippen LogP contribution is 2.21. The quantitative estimate of drug-likeness (QED) is 0.657. The lowest BCUT2D eigenvalue weighted by Gasteiger charge is -2.32. The molecule has 3 nitrogen and oxygen atoms in total. The SMILES string of the molecule is CN1Cc2ccccc2CC1OC=O. The maximum Gasteiger partial charge on any atom is 0.294 e. The summed E-state index contributed by atoms with van der Waals surface area (Å²) in [5.41, 5.74) is 2.60. The molecule has 0 saturated carbocycles. The summed E-state index contributed by atoms with van der Waals surface area (Å²) in [5.74, 6) is 0. The van der Waals surface area contributed by atoms with Gasteiger partial charge in [0.25, 0.3) is 6.47 Å². The first-order valence-corrected chi connectivity index (χ1v) is 4.67. The van der Waals surface area contributed by atoms with Crippen molar-refractivity contribution in [3.8, 4) is 0 Å². The predicted molar refractivity (Wildman–Crippen MR) is 52.6 cm³/mol. The topological polar surface area (TPSA) is 29.5 Å². The lowest BCUT2D eigenvalue weighted by Crippen LogP contribution is -2.39. The Morgan fingerprint density at radius 3 is 2.86 bits per heavy atom. The van der Waals surface area contributed by atoms with Crippen LogP contribution in [0.3, 0.4) is 0 Å². The standard InChI is InChI=1S/C11H13NO2/c1-12-7-10-5-3-2-4-9(10)6-11(12)14-8-13/h2-5,8,11H,6-7H2,1H3. The van der Waals surface area contributed by atoms with Gasteiger partial charge in [0.1, 0.15) is 0 Å². The highest BCUT2D eigenvalue weighted by molar-refractivity contribution is 5.38. The van der Waals surface area contributed by atoms with Gasteiger partial charge in [-0.1, -0.05) is 24.3 Å². The Morgan fingerprint density at radius 1 is 1.43 bits per heavy atom. The molecule has 0 radical (unpaired) electrons. The average Bonchev–Trinajstić information content (AvgIpc) is 2.19. The van der Waals surface area contributed by atoms with E-state index in [-0.39, 0.29) is 6.23 Å². The van der Waals surface area contributed by atoms with Crippen LogP contribution in [0.1, 0.15) is 11.1 Å². The third-order valence-corrected chi connectivity index (χ3v) is 2.64. The third kappa shape index (κ3) is 1.63. The number of likely N-dealkylation sites (N-methyl/N-ethyl adjacent to an activating group) is 1. The third-order valence-electron chi connectivity index (χ3n) is 2.64. The van der Waals surface area contributed by atoms with Gasteiger partial charge < -0.3 is 4.74 Å². The molecule has 74 valence electrons. The number of rotatable bonds is 2. The van der Waals surface area contributed by atoms with Crippen molar-refractivity contribution in [2.45, 2.75) is 19.2 Å². The van der Waals surface area contributed by atoms with E-state index in [4.69, 9.17) is 4.74 Å². The summed E-state index contributed by atoms with van der Waals surface area (Å²) < 4.78 is 5.00. The maximum atomic E-state index is 10.3. The Hall–Kier alpha value is -1.35. The van der Waals surface area contributed by atoms with Crippen LogP contribution in [-0.2, 0) is 22.5 Å². The molecular weight excluding hydrogens is 178 g/mol. The predicted octanol–water partition coefficient (Wildman–Crippen LogP) is 1.17. The number of hydrogen-bond acceptors (Lipinski definition) is 3. The van der Waals surface area contributed by atoms with Gasteiger partial charge >= 0.3 is 0 Å². The summed E-state index contributed by atoms with van der Waals surface area (Å²) in [6.45, 7) is 1.36. The molecule has 0 amide bonds. The van der Waals surface area contributed by atoms with E-state index in [9.17, 15) is 4.79 Å². The molecular formula is C11H13NO2. The van der Waals surface area contributed by atoms with Crippen LogP contribution in [0, 0.1) is 0 Å². The van der Waals surface area contributed by atoms with Gasteiger partial charge in [-0.25, -0.2) is 0 Å². The fraction of sp³-hybridized carbons (Fsp3) is 0.364. The highest BCUT2D eigenvalue weighted by Gasteiger charge is 2.23. The van der Waals surface area contributed by atoms with Crippen LogP contribution in [0.2, 0.25) is 0 Å². The van der Waals surface area contributed by atoms with Crippen molar-refractivity contribution in [1.29, 1.82) is 0 Å². The van der Waals surface area contributed by atoms with Gasteiger partial charge in [-0.3, -0.25) is 9.69 Å². The molecule has 1 aliphatic heterocycles. The van der Waals surface area contributed by atoms with Crippen molar-refractivity contribution in [2.24, 2.45) is 0 Å². The first kappa shape index (κ1) is 9.21. The molecule has 0 N–H and O–H groups in total. The largest absolute Gasteiger partial charge is 0.448 e. The molecule has 0 fully saturated rings. The fourth-order valence-corrected chi connectivity index (χ4v) is 1.84. The summed E-state index contributed by atoms with van der Waals surface area (Å²) >= 11 is 0. The summed E-state index contributed by atoms with van der Waals surface area (Å²) in [7, 11) is 1.96. The van der Waals surface area contributed by atoms with Gasteiger partial charge in [-0.2, -0.15) is 0 Å². The van der Waals surface area contributed by atoms with Gasteiger partial charge in [-0.15, -0.1) is 0 Å². The smallest absolute Gasteiger partial charge is 0.294 e. The Kier molecular flexibility index (Phi) is 2.50. The molecule has 2 rings (SSSR count). The second kappa shape index (κ2) is 3.80. The van der Waals surface area contributed by atoms with Gasteiger partial charge in [-0.05, 0) is 18.2 Å². The van der Waals surface area contributed by atoms with Crippen LogP contribution in [0.5, 0.6) is 0 Å².